The molecule has 0 radical (unpaired) electrons. The molecule has 102 valence electrons. The maximum Gasteiger partial charge on any atom is 0.174 e. The molecule has 0 amide bonds. The van der Waals surface area contributed by atoms with E-state index in [-0.39, 0.29) is 6.61 Å². The lowest BCUT2D eigenvalue weighted by Gasteiger charge is -2.24. The van der Waals surface area contributed by atoms with Gasteiger partial charge in [0.2, 0.25) is 0 Å². The van der Waals surface area contributed by atoms with Crippen LogP contribution in [-0.2, 0) is 6.54 Å². The molecular weight excluding hydrogens is 236 g/mol. The minimum absolute atomic E-state index is 0.106. The summed E-state index contributed by atoms with van der Waals surface area (Å²) in [5, 5.41) is 12.1. The summed E-state index contributed by atoms with van der Waals surface area (Å²) >= 11 is 0. The van der Waals surface area contributed by atoms with Gasteiger partial charge in [-0.3, -0.25) is 0 Å². The molecule has 1 fully saturated rings. The second-order valence-corrected chi connectivity index (χ2v) is 5.68. The Morgan fingerprint density at radius 2 is 2.05 bits per heavy atom. The Labute approximate surface area is 115 Å². The molecule has 3 nitrogen and oxygen atoms in total. The molecule has 0 bridgehead atoms. The summed E-state index contributed by atoms with van der Waals surface area (Å²) in [4.78, 5) is 0. The molecule has 1 N–H and O–H groups in total. The van der Waals surface area contributed by atoms with Gasteiger partial charge in [0.15, 0.2) is 6.61 Å². The first kappa shape index (κ1) is 13.9. The number of hydrogen-bond acceptors (Lipinski definition) is 3. The van der Waals surface area contributed by atoms with Gasteiger partial charge in [-0.1, -0.05) is 38.0 Å². The number of ether oxygens (including phenoxy) is 1. The smallest absolute Gasteiger partial charge is 0.174 e. The number of benzene rings is 1. The highest BCUT2D eigenvalue weighted by atomic mass is 16.5. The van der Waals surface area contributed by atoms with E-state index in [1.165, 1.54) is 25.7 Å². The van der Waals surface area contributed by atoms with Crippen molar-refractivity contribution < 1.29 is 4.74 Å². The van der Waals surface area contributed by atoms with Crippen LogP contribution in [0.5, 0.6) is 5.75 Å². The summed E-state index contributed by atoms with van der Waals surface area (Å²) in [6.45, 7) is 4.33. The fourth-order valence-corrected chi connectivity index (χ4v) is 2.80. The van der Waals surface area contributed by atoms with Crippen molar-refractivity contribution in [1.29, 1.82) is 5.26 Å². The SMILES string of the molecule is CC1(CNCc2ccccc2OCC#N)CCCC1. The van der Waals surface area contributed by atoms with E-state index in [4.69, 9.17) is 10.00 Å². The Morgan fingerprint density at radius 3 is 2.79 bits per heavy atom. The molecule has 1 aromatic rings. The van der Waals surface area contributed by atoms with Gasteiger partial charge >= 0.3 is 0 Å². The summed E-state index contributed by atoms with van der Waals surface area (Å²) in [5.41, 5.74) is 1.59. The molecule has 0 atom stereocenters. The summed E-state index contributed by atoms with van der Waals surface area (Å²) in [6, 6.07) is 9.93. The summed E-state index contributed by atoms with van der Waals surface area (Å²) in [5.74, 6) is 0.813. The van der Waals surface area contributed by atoms with E-state index in [0.717, 1.165) is 24.4 Å². The Morgan fingerprint density at radius 1 is 1.32 bits per heavy atom. The Balaban J connectivity index is 1.87. The number of nitrogens with zero attached hydrogens (tertiary/aromatic N) is 1. The van der Waals surface area contributed by atoms with Crippen molar-refractivity contribution >= 4 is 0 Å². The molecule has 1 aliphatic carbocycles. The predicted molar refractivity (Wildman–Crippen MR) is 75.8 cm³/mol. The fourth-order valence-electron chi connectivity index (χ4n) is 2.80. The second kappa shape index (κ2) is 6.58. The van der Waals surface area contributed by atoms with Crippen LogP contribution >= 0.6 is 0 Å². The van der Waals surface area contributed by atoms with E-state index in [9.17, 15) is 0 Å². The Kier molecular flexibility index (Phi) is 4.81. The molecule has 0 unspecified atom stereocenters. The van der Waals surface area contributed by atoms with Crippen molar-refractivity contribution in [1.82, 2.24) is 5.32 Å². The van der Waals surface area contributed by atoms with E-state index >= 15 is 0 Å². The molecule has 0 aliphatic heterocycles. The lowest BCUT2D eigenvalue weighted by molar-refractivity contribution is 0.312. The van der Waals surface area contributed by atoms with Crippen LogP contribution in [0.1, 0.15) is 38.2 Å². The van der Waals surface area contributed by atoms with Crippen LogP contribution in [-0.4, -0.2) is 13.2 Å². The molecule has 2 rings (SSSR count). The highest BCUT2D eigenvalue weighted by Crippen LogP contribution is 2.36. The monoisotopic (exact) mass is 258 g/mol. The molecule has 0 spiro atoms. The molecule has 19 heavy (non-hydrogen) atoms. The number of para-hydroxylation sites is 1. The Hall–Kier alpha value is -1.53. The van der Waals surface area contributed by atoms with E-state index in [1.54, 1.807) is 0 Å². The average molecular weight is 258 g/mol. The zero-order chi connectivity index (χ0) is 13.6. The van der Waals surface area contributed by atoms with Crippen LogP contribution in [0, 0.1) is 16.7 Å². The molecule has 0 aromatic heterocycles. The van der Waals surface area contributed by atoms with Crippen molar-refractivity contribution in [2.45, 2.75) is 39.2 Å². The third-order valence-electron chi connectivity index (χ3n) is 3.94. The van der Waals surface area contributed by atoms with Crippen LogP contribution in [0.4, 0.5) is 0 Å². The molecule has 0 saturated heterocycles. The number of rotatable bonds is 6. The quantitative estimate of drug-likeness (QED) is 0.851. The summed E-state index contributed by atoms with van der Waals surface area (Å²) in [6.07, 6.45) is 5.37. The standard InChI is InChI=1S/C16H22N2O/c1-16(8-4-5-9-16)13-18-12-14-6-2-3-7-15(14)19-11-10-17/h2-3,6-7,18H,4-5,8-9,11-13H2,1H3. The third-order valence-corrected chi connectivity index (χ3v) is 3.94. The number of nitriles is 1. The summed E-state index contributed by atoms with van der Waals surface area (Å²) < 4.78 is 5.43. The van der Waals surface area contributed by atoms with Crippen molar-refractivity contribution in [3.8, 4) is 11.8 Å². The lowest BCUT2D eigenvalue weighted by Crippen LogP contribution is -2.29. The fraction of sp³-hybridized carbons (Fsp3) is 0.562. The van der Waals surface area contributed by atoms with E-state index in [2.05, 4.69) is 18.3 Å². The van der Waals surface area contributed by atoms with Crippen LogP contribution in [0.2, 0.25) is 0 Å². The van der Waals surface area contributed by atoms with E-state index < -0.39 is 0 Å². The van der Waals surface area contributed by atoms with E-state index in [1.807, 2.05) is 24.3 Å². The van der Waals surface area contributed by atoms with Gasteiger partial charge in [0.1, 0.15) is 11.8 Å². The Bertz CT molecular complexity index is 444. The van der Waals surface area contributed by atoms with Gasteiger partial charge in [-0.15, -0.1) is 0 Å². The minimum atomic E-state index is 0.106. The highest BCUT2D eigenvalue weighted by molar-refractivity contribution is 5.33. The van der Waals surface area contributed by atoms with Gasteiger partial charge < -0.3 is 10.1 Å². The molecular formula is C16H22N2O. The first-order valence-corrected chi connectivity index (χ1v) is 7.02. The van der Waals surface area contributed by atoms with Gasteiger partial charge in [-0.2, -0.15) is 5.26 Å². The van der Waals surface area contributed by atoms with E-state index in [0.29, 0.717) is 5.41 Å². The van der Waals surface area contributed by atoms with Crippen molar-refractivity contribution in [3.05, 3.63) is 29.8 Å². The minimum Gasteiger partial charge on any atom is -0.478 e. The van der Waals surface area contributed by atoms with Crippen molar-refractivity contribution in [3.63, 3.8) is 0 Å². The largest absolute Gasteiger partial charge is 0.478 e. The highest BCUT2D eigenvalue weighted by Gasteiger charge is 2.27. The predicted octanol–water partition coefficient (Wildman–Crippen LogP) is 3.26. The van der Waals surface area contributed by atoms with Crippen molar-refractivity contribution in [2.24, 2.45) is 5.41 Å². The average Bonchev–Trinajstić information content (AvgIpc) is 2.85. The van der Waals surface area contributed by atoms with Crippen molar-refractivity contribution in [2.75, 3.05) is 13.2 Å². The molecule has 1 saturated carbocycles. The molecule has 3 heteroatoms. The molecule has 1 aliphatic rings. The van der Waals surface area contributed by atoms with Gasteiger partial charge in [0, 0.05) is 18.7 Å². The lowest BCUT2D eigenvalue weighted by atomic mass is 9.89. The van der Waals surface area contributed by atoms with Gasteiger partial charge in [0.25, 0.3) is 0 Å². The second-order valence-electron chi connectivity index (χ2n) is 5.68. The zero-order valence-electron chi connectivity index (χ0n) is 11.6. The van der Waals surface area contributed by atoms with Gasteiger partial charge in [-0.05, 0) is 24.3 Å². The van der Waals surface area contributed by atoms with Crippen LogP contribution in [0.3, 0.4) is 0 Å². The molecule has 1 aromatic carbocycles. The third kappa shape index (κ3) is 3.97. The van der Waals surface area contributed by atoms with Crippen LogP contribution in [0.25, 0.3) is 0 Å². The maximum absolute atomic E-state index is 8.58. The summed E-state index contributed by atoms with van der Waals surface area (Å²) in [7, 11) is 0. The maximum atomic E-state index is 8.58. The first-order valence-electron chi connectivity index (χ1n) is 7.02. The number of nitrogens with one attached hydrogen (secondary N) is 1. The normalized spacial score (nSPS) is 17.1. The number of hydrogen-bond donors (Lipinski definition) is 1. The van der Waals surface area contributed by atoms with Gasteiger partial charge in [0.05, 0.1) is 0 Å². The topological polar surface area (TPSA) is 45.0 Å². The zero-order valence-corrected chi connectivity index (χ0v) is 11.6. The van der Waals surface area contributed by atoms with Crippen LogP contribution in [0.15, 0.2) is 24.3 Å². The van der Waals surface area contributed by atoms with Gasteiger partial charge in [-0.25, -0.2) is 0 Å². The molecule has 0 heterocycles. The first-order chi connectivity index (χ1) is 9.23. The van der Waals surface area contributed by atoms with Crippen LogP contribution < -0.4 is 10.1 Å².